The van der Waals surface area contributed by atoms with E-state index in [1.54, 1.807) is 12.1 Å². The Kier molecular flexibility index (Phi) is 6.89. The number of likely N-dealkylation sites (tertiary alicyclic amines) is 1. The van der Waals surface area contributed by atoms with Crippen LogP contribution in [0.3, 0.4) is 0 Å². The van der Waals surface area contributed by atoms with Crippen molar-refractivity contribution in [3.8, 4) is 5.75 Å². The SMILES string of the molecule is Cc1cccc(OCCNC(=O)CNc2ccc(C(=O)N3CCCC3)cc2)c1. The third kappa shape index (κ3) is 5.74. The summed E-state index contributed by atoms with van der Waals surface area (Å²) in [5.74, 6) is 0.774. The van der Waals surface area contributed by atoms with Gasteiger partial charge in [-0.3, -0.25) is 9.59 Å². The van der Waals surface area contributed by atoms with E-state index in [9.17, 15) is 9.59 Å². The number of rotatable bonds is 8. The number of hydrogen-bond acceptors (Lipinski definition) is 4. The van der Waals surface area contributed by atoms with Gasteiger partial charge in [0.05, 0.1) is 13.1 Å². The summed E-state index contributed by atoms with van der Waals surface area (Å²) in [7, 11) is 0. The quantitative estimate of drug-likeness (QED) is 0.690. The first-order valence-electron chi connectivity index (χ1n) is 9.71. The highest BCUT2D eigenvalue weighted by Crippen LogP contribution is 2.15. The molecule has 3 rings (SSSR count). The van der Waals surface area contributed by atoms with Crippen molar-refractivity contribution in [3.63, 3.8) is 0 Å². The predicted octanol–water partition coefficient (Wildman–Crippen LogP) is 2.84. The number of carbonyl (C=O) groups excluding carboxylic acids is 2. The van der Waals surface area contributed by atoms with E-state index in [0.717, 1.165) is 42.9 Å². The molecule has 1 heterocycles. The number of nitrogens with zero attached hydrogens (tertiary/aromatic N) is 1. The fourth-order valence-electron chi connectivity index (χ4n) is 3.14. The molecule has 0 spiro atoms. The molecule has 6 heteroatoms. The molecular formula is C22H27N3O3. The minimum atomic E-state index is -0.106. The van der Waals surface area contributed by atoms with Crippen LogP contribution in [0.4, 0.5) is 5.69 Å². The Hall–Kier alpha value is -3.02. The molecular weight excluding hydrogens is 354 g/mol. The van der Waals surface area contributed by atoms with Gasteiger partial charge >= 0.3 is 0 Å². The van der Waals surface area contributed by atoms with Crippen molar-refractivity contribution < 1.29 is 14.3 Å². The Morgan fingerprint density at radius 1 is 1.07 bits per heavy atom. The molecule has 1 fully saturated rings. The van der Waals surface area contributed by atoms with Crippen LogP contribution in [-0.4, -0.2) is 49.5 Å². The molecule has 6 nitrogen and oxygen atoms in total. The van der Waals surface area contributed by atoms with Crippen LogP contribution in [0, 0.1) is 6.92 Å². The van der Waals surface area contributed by atoms with Crippen molar-refractivity contribution in [2.45, 2.75) is 19.8 Å². The second-order valence-electron chi connectivity index (χ2n) is 6.95. The van der Waals surface area contributed by atoms with Crippen molar-refractivity contribution in [2.24, 2.45) is 0 Å². The van der Waals surface area contributed by atoms with Gasteiger partial charge < -0.3 is 20.3 Å². The van der Waals surface area contributed by atoms with Crippen LogP contribution in [0.5, 0.6) is 5.75 Å². The highest BCUT2D eigenvalue weighted by atomic mass is 16.5. The number of carbonyl (C=O) groups is 2. The molecule has 28 heavy (non-hydrogen) atoms. The van der Waals surface area contributed by atoms with Crippen LogP contribution in [0.25, 0.3) is 0 Å². The van der Waals surface area contributed by atoms with Gasteiger partial charge in [0.2, 0.25) is 5.91 Å². The maximum absolute atomic E-state index is 12.3. The molecule has 0 unspecified atom stereocenters. The zero-order valence-corrected chi connectivity index (χ0v) is 16.2. The number of anilines is 1. The predicted molar refractivity (Wildman–Crippen MR) is 110 cm³/mol. The lowest BCUT2D eigenvalue weighted by Crippen LogP contribution is -2.33. The highest BCUT2D eigenvalue weighted by molar-refractivity contribution is 5.94. The number of ether oxygens (including phenoxy) is 1. The molecule has 0 aromatic heterocycles. The highest BCUT2D eigenvalue weighted by Gasteiger charge is 2.19. The summed E-state index contributed by atoms with van der Waals surface area (Å²) in [4.78, 5) is 26.1. The van der Waals surface area contributed by atoms with Crippen molar-refractivity contribution in [1.29, 1.82) is 0 Å². The molecule has 148 valence electrons. The monoisotopic (exact) mass is 381 g/mol. The summed E-state index contributed by atoms with van der Waals surface area (Å²) in [6, 6.07) is 15.1. The lowest BCUT2D eigenvalue weighted by atomic mass is 10.2. The van der Waals surface area contributed by atoms with E-state index >= 15 is 0 Å². The van der Waals surface area contributed by atoms with Crippen molar-refractivity contribution >= 4 is 17.5 Å². The van der Waals surface area contributed by atoms with Crippen molar-refractivity contribution in [3.05, 3.63) is 59.7 Å². The third-order valence-electron chi connectivity index (χ3n) is 4.66. The van der Waals surface area contributed by atoms with Gasteiger partial charge in [0.15, 0.2) is 0 Å². The summed E-state index contributed by atoms with van der Waals surface area (Å²) in [5, 5.41) is 5.89. The normalized spacial score (nSPS) is 13.2. The summed E-state index contributed by atoms with van der Waals surface area (Å²) < 4.78 is 5.61. The summed E-state index contributed by atoms with van der Waals surface area (Å²) in [5.41, 5.74) is 2.63. The number of aryl methyl sites for hydroxylation is 1. The molecule has 0 radical (unpaired) electrons. The summed E-state index contributed by atoms with van der Waals surface area (Å²) in [6.07, 6.45) is 2.16. The first-order chi connectivity index (χ1) is 13.6. The topological polar surface area (TPSA) is 70.7 Å². The maximum Gasteiger partial charge on any atom is 0.253 e. The second-order valence-corrected chi connectivity index (χ2v) is 6.95. The smallest absolute Gasteiger partial charge is 0.253 e. The Morgan fingerprint density at radius 3 is 2.54 bits per heavy atom. The van der Waals surface area contributed by atoms with E-state index < -0.39 is 0 Å². The molecule has 2 aromatic rings. The summed E-state index contributed by atoms with van der Waals surface area (Å²) >= 11 is 0. The van der Waals surface area contributed by atoms with E-state index in [4.69, 9.17) is 4.74 Å². The Balaban J connectivity index is 1.35. The molecule has 0 atom stereocenters. The molecule has 1 aliphatic heterocycles. The molecule has 2 N–H and O–H groups in total. The first-order valence-corrected chi connectivity index (χ1v) is 9.71. The van der Waals surface area contributed by atoms with Gasteiger partial charge in [-0.1, -0.05) is 12.1 Å². The number of nitrogens with one attached hydrogen (secondary N) is 2. The molecule has 1 saturated heterocycles. The number of benzene rings is 2. The fourth-order valence-corrected chi connectivity index (χ4v) is 3.14. The molecule has 1 aliphatic rings. The van der Waals surface area contributed by atoms with Gasteiger partial charge in [0, 0.05) is 24.3 Å². The van der Waals surface area contributed by atoms with E-state index in [0.29, 0.717) is 18.7 Å². The van der Waals surface area contributed by atoms with Gasteiger partial charge in [-0.05, 0) is 61.7 Å². The molecule has 2 amide bonds. The number of amides is 2. The molecule has 0 aliphatic carbocycles. The molecule has 2 aromatic carbocycles. The van der Waals surface area contributed by atoms with E-state index in [1.165, 1.54) is 0 Å². The van der Waals surface area contributed by atoms with E-state index in [1.807, 2.05) is 48.2 Å². The van der Waals surface area contributed by atoms with E-state index in [-0.39, 0.29) is 18.4 Å². The van der Waals surface area contributed by atoms with Crippen LogP contribution in [0.2, 0.25) is 0 Å². The largest absolute Gasteiger partial charge is 0.492 e. The minimum absolute atomic E-state index is 0.0791. The van der Waals surface area contributed by atoms with Crippen LogP contribution in [0.15, 0.2) is 48.5 Å². The number of hydrogen-bond donors (Lipinski definition) is 2. The Morgan fingerprint density at radius 2 is 1.82 bits per heavy atom. The lowest BCUT2D eigenvalue weighted by molar-refractivity contribution is -0.119. The third-order valence-corrected chi connectivity index (χ3v) is 4.66. The maximum atomic E-state index is 12.3. The minimum Gasteiger partial charge on any atom is -0.492 e. The molecule has 0 bridgehead atoms. The lowest BCUT2D eigenvalue weighted by Gasteiger charge is -2.15. The first kappa shape index (κ1) is 19.7. The average Bonchev–Trinajstić information content (AvgIpc) is 3.24. The van der Waals surface area contributed by atoms with Crippen LogP contribution in [-0.2, 0) is 4.79 Å². The van der Waals surface area contributed by atoms with Gasteiger partial charge in [-0.15, -0.1) is 0 Å². The van der Waals surface area contributed by atoms with Gasteiger partial charge in [0.1, 0.15) is 12.4 Å². The Labute approximate surface area is 165 Å². The van der Waals surface area contributed by atoms with Crippen molar-refractivity contribution in [2.75, 3.05) is 38.1 Å². The Bertz CT molecular complexity index is 799. The van der Waals surface area contributed by atoms with Crippen LogP contribution in [0.1, 0.15) is 28.8 Å². The van der Waals surface area contributed by atoms with Gasteiger partial charge in [-0.2, -0.15) is 0 Å². The zero-order valence-electron chi connectivity index (χ0n) is 16.2. The van der Waals surface area contributed by atoms with E-state index in [2.05, 4.69) is 10.6 Å². The van der Waals surface area contributed by atoms with Crippen molar-refractivity contribution in [1.82, 2.24) is 10.2 Å². The zero-order chi connectivity index (χ0) is 19.8. The van der Waals surface area contributed by atoms with Gasteiger partial charge in [-0.25, -0.2) is 0 Å². The fraction of sp³-hybridized carbons (Fsp3) is 0.364. The summed E-state index contributed by atoms with van der Waals surface area (Å²) in [6.45, 7) is 4.72. The standard InChI is InChI=1S/C22H27N3O3/c1-17-5-4-6-20(15-17)28-14-11-23-21(26)16-24-19-9-7-18(8-10-19)22(27)25-12-2-3-13-25/h4-10,15,24H,2-3,11-14,16H2,1H3,(H,23,26). The van der Waals surface area contributed by atoms with Crippen LogP contribution < -0.4 is 15.4 Å². The van der Waals surface area contributed by atoms with Gasteiger partial charge in [0.25, 0.3) is 5.91 Å². The molecule has 0 saturated carbocycles. The second kappa shape index (κ2) is 9.78. The average molecular weight is 381 g/mol. The van der Waals surface area contributed by atoms with Crippen LogP contribution >= 0.6 is 0 Å².